The number of nitrogens with zero attached hydrogens (tertiary/aromatic N) is 2. The molecule has 1 heterocycles. The molecule has 0 saturated carbocycles. The molecule has 0 unspecified atom stereocenters. The largest absolute Gasteiger partial charge is 0.326 e. The highest BCUT2D eigenvalue weighted by molar-refractivity contribution is 14.1. The SMILES string of the molecule is Cn1cc(CN)c(CCI)n1. The van der Waals surface area contributed by atoms with Gasteiger partial charge in [0.1, 0.15) is 0 Å². The summed E-state index contributed by atoms with van der Waals surface area (Å²) in [5.41, 5.74) is 7.85. The second kappa shape index (κ2) is 4.06. The van der Waals surface area contributed by atoms with Crippen LogP contribution in [0.4, 0.5) is 0 Å². The molecule has 0 amide bonds. The number of hydrogen-bond acceptors (Lipinski definition) is 2. The van der Waals surface area contributed by atoms with Crippen molar-refractivity contribution in [1.29, 1.82) is 0 Å². The van der Waals surface area contributed by atoms with Gasteiger partial charge < -0.3 is 5.73 Å². The topological polar surface area (TPSA) is 43.8 Å². The summed E-state index contributed by atoms with van der Waals surface area (Å²) in [7, 11) is 1.93. The fourth-order valence-electron chi connectivity index (χ4n) is 1.05. The number of hydrogen-bond donors (Lipinski definition) is 1. The lowest BCUT2D eigenvalue weighted by Crippen LogP contribution is -1.99. The standard InChI is InChI=1S/C7H12IN3/c1-11-5-6(4-9)7(10-11)2-3-8/h5H,2-4,9H2,1H3. The van der Waals surface area contributed by atoms with E-state index in [1.54, 1.807) is 0 Å². The number of halogens is 1. The predicted molar refractivity (Wildman–Crippen MR) is 53.7 cm³/mol. The van der Waals surface area contributed by atoms with Gasteiger partial charge >= 0.3 is 0 Å². The van der Waals surface area contributed by atoms with Crippen molar-refractivity contribution in [3.63, 3.8) is 0 Å². The van der Waals surface area contributed by atoms with Crippen LogP contribution in [0.1, 0.15) is 11.3 Å². The summed E-state index contributed by atoms with van der Waals surface area (Å²) >= 11 is 2.34. The van der Waals surface area contributed by atoms with Gasteiger partial charge in [-0.25, -0.2) is 0 Å². The Balaban J connectivity index is 2.83. The molecule has 3 nitrogen and oxygen atoms in total. The maximum absolute atomic E-state index is 5.54. The number of alkyl halides is 1. The molecule has 62 valence electrons. The summed E-state index contributed by atoms with van der Waals surface area (Å²) in [5.74, 6) is 0. The summed E-state index contributed by atoms with van der Waals surface area (Å²) < 4.78 is 2.92. The Bertz CT molecular complexity index is 232. The fraction of sp³-hybridized carbons (Fsp3) is 0.571. The molecule has 0 aliphatic heterocycles. The van der Waals surface area contributed by atoms with Crippen LogP contribution in [0.15, 0.2) is 6.20 Å². The molecule has 4 heteroatoms. The summed E-state index contributed by atoms with van der Waals surface area (Å²) in [4.78, 5) is 0. The van der Waals surface area contributed by atoms with Gasteiger partial charge in [0.15, 0.2) is 0 Å². The summed E-state index contributed by atoms with van der Waals surface area (Å²) in [6.07, 6.45) is 3.01. The van der Waals surface area contributed by atoms with Crippen LogP contribution in [-0.4, -0.2) is 14.2 Å². The van der Waals surface area contributed by atoms with Crippen molar-refractivity contribution in [3.05, 3.63) is 17.5 Å². The number of nitrogens with two attached hydrogens (primary N) is 1. The Hall–Kier alpha value is -0.100. The molecule has 0 aliphatic rings. The lowest BCUT2D eigenvalue weighted by Gasteiger charge is -1.93. The smallest absolute Gasteiger partial charge is 0.0676 e. The average molecular weight is 265 g/mol. The highest BCUT2D eigenvalue weighted by atomic mass is 127. The molecule has 0 radical (unpaired) electrons. The first-order valence-corrected chi connectivity index (χ1v) is 5.08. The highest BCUT2D eigenvalue weighted by Gasteiger charge is 2.03. The third-order valence-corrected chi connectivity index (χ3v) is 2.08. The van der Waals surface area contributed by atoms with Gasteiger partial charge in [0.25, 0.3) is 0 Å². The number of aromatic nitrogens is 2. The zero-order chi connectivity index (χ0) is 8.27. The molecule has 0 atom stereocenters. The highest BCUT2D eigenvalue weighted by Crippen LogP contribution is 2.06. The lowest BCUT2D eigenvalue weighted by molar-refractivity contribution is 0.747. The van der Waals surface area contributed by atoms with Crippen molar-refractivity contribution in [3.8, 4) is 0 Å². The van der Waals surface area contributed by atoms with Crippen LogP contribution in [0.3, 0.4) is 0 Å². The zero-order valence-electron chi connectivity index (χ0n) is 6.55. The van der Waals surface area contributed by atoms with Crippen LogP contribution in [0.25, 0.3) is 0 Å². The second-order valence-electron chi connectivity index (χ2n) is 2.42. The first kappa shape index (κ1) is 8.99. The Kier molecular flexibility index (Phi) is 3.32. The van der Waals surface area contributed by atoms with Gasteiger partial charge in [-0.05, 0) is 0 Å². The van der Waals surface area contributed by atoms with E-state index in [0.29, 0.717) is 6.54 Å². The van der Waals surface area contributed by atoms with Crippen LogP contribution < -0.4 is 5.73 Å². The van der Waals surface area contributed by atoms with E-state index in [2.05, 4.69) is 27.7 Å². The minimum atomic E-state index is 0.597. The van der Waals surface area contributed by atoms with E-state index in [-0.39, 0.29) is 0 Å². The number of rotatable bonds is 3. The Labute approximate surface area is 80.1 Å². The van der Waals surface area contributed by atoms with E-state index in [1.165, 1.54) is 5.56 Å². The summed E-state index contributed by atoms with van der Waals surface area (Å²) in [6, 6.07) is 0. The van der Waals surface area contributed by atoms with Crippen LogP contribution in [0.5, 0.6) is 0 Å². The van der Waals surface area contributed by atoms with Crippen molar-refractivity contribution >= 4 is 22.6 Å². The van der Waals surface area contributed by atoms with Gasteiger partial charge in [0.2, 0.25) is 0 Å². The van der Waals surface area contributed by atoms with Gasteiger partial charge in [-0.1, -0.05) is 22.6 Å². The molecule has 1 rings (SSSR count). The average Bonchev–Trinajstić information content (AvgIpc) is 2.32. The van der Waals surface area contributed by atoms with E-state index in [0.717, 1.165) is 16.5 Å². The molecule has 0 saturated heterocycles. The van der Waals surface area contributed by atoms with Gasteiger partial charge in [0.05, 0.1) is 5.69 Å². The molecule has 0 bridgehead atoms. The van der Waals surface area contributed by atoms with Crippen LogP contribution in [0, 0.1) is 0 Å². The van der Waals surface area contributed by atoms with Gasteiger partial charge in [-0.15, -0.1) is 0 Å². The zero-order valence-corrected chi connectivity index (χ0v) is 8.71. The maximum atomic E-state index is 5.54. The predicted octanol–water partition coefficient (Wildman–Crippen LogP) is 0.856. The Morgan fingerprint density at radius 2 is 2.45 bits per heavy atom. The second-order valence-corrected chi connectivity index (χ2v) is 3.50. The van der Waals surface area contributed by atoms with Crippen molar-refractivity contribution in [2.75, 3.05) is 4.43 Å². The molecule has 0 spiro atoms. The molecule has 11 heavy (non-hydrogen) atoms. The van der Waals surface area contributed by atoms with Crippen LogP contribution in [-0.2, 0) is 20.0 Å². The Morgan fingerprint density at radius 3 is 3.00 bits per heavy atom. The van der Waals surface area contributed by atoms with Crippen molar-refractivity contribution < 1.29 is 0 Å². The monoisotopic (exact) mass is 265 g/mol. The number of aryl methyl sites for hydroxylation is 2. The van der Waals surface area contributed by atoms with E-state index >= 15 is 0 Å². The molecular formula is C7H12IN3. The lowest BCUT2D eigenvalue weighted by atomic mass is 10.2. The van der Waals surface area contributed by atoms with E-state index in [9.17, 15) is 0 Å². The van der Waals surface area contributed by atoms with Crippen LogP contribution >= 0.6 is 22.6 Å². The summed E-state index contributed by atoms with van der Waals surface area (Å²) in [6.45, 7) is 0.597. The van der Waals surface area contributed by atoms with E-state index in [1.807, 2.05) is 17.9 Å². The summed E-state index contributed by atoms with van der Waals surface area (Å²) in [5, 5.41) is 4.30. The normalized spacial score (nSPS) is 10.5. The molecule has 0 aromatic carbocycles. The molecule has 0 fully saturated rings. The third kappa shape index (κ3) is 2.16. The first-order valence-electron chi connectivity index (χ1n) is 3.55. The minimum absolute atomic E-state index is 0.597. The first-order chi connectivity index (χ1) is 5.27. The van der Waals surface area contributed by atoms with Crippen LogP contribution in [0.2, 0.25) is 0 Å². The minimum Gasteiger partial charge on any atom is -0.326 e. The van der Waals surface area contributed by atoms with Crippen molar-refractivity contribution in [2.24, 2.45) is 12.8 Å². The Morgan fingerprint density at radius 1 is 1.73 bits per heavy atom. The maximum Gasteiger partial charge on any atom is 0.0676 e. The fourth-order valence-corrected chi connectivity index (χ4v) is 1.57. The molecule has 0 aliphatic carbocycles. The van der Waals surface area contributed by atoms with Gasteiger partial charge in [-0.2, -0.15) is 5.10 Å². The van der Waals surface area contributed by atoms with E-state index < -0.39 is 0 Å². The van der Waals surface area contributed by atoms with Crippen molar-refractivity contribution in [1.82, 2.24) is 9.78 Å². The van der Waals surface area contributed by atoms with Crippen molar-refractivity contribution in [2.45, 2.75) is 13.0 Å². The molecule has 1 aromatic heterocycles. The molecular weight excluding hydrogens is 253 g/mol. The molecule has 1 aromatic rings. The van der Waals surface area contributed by atoms with E-state index in [4.69, 9.17) is 5.73 Å². The van der Waals surface area contributed by atoms with Gasteiger partial charge in [0, 0.05) is 36.2 Å². The quantitative estimate of drug-likeness (QED) is 0.650. The third-order valence-electron chi connectivity index (χ3n) is 1.54. The van der Waals surface area contributed by atoms with Gasteiger partial charge in [-0.3, -0.25) is 4.68 Å². The molecule has 2 N–H and O–H groups in total.